The van der Waals surface area contributed by atoms with E-state index in [1.807, 2.05) is 37.3 Å². The van der Waals surface area contributed by atoms with Crippen molar-refractivity contribution in [2.75, 3.05) is 52.6 Å². The van der Waals surface area contributed by atoms with Gasteiger partial charge in [0.2, 0.25) is 5.79 Å². The second-order valence-corrected chi connectivity index (χ2v) is 20.3. The molecule has 2 aliphatic carbocycles. The lowest BCUT2D eigenvalue weighted by atomic mass is 9.55. The van der Waals surface area contributed by atoms with Crippen molar-refractivity contribution in [1.82, 2.24) is 4.90 Å². The molecule has 3 N–H and O–H groups in total. The lowest BCUT2D eigenvalue weighted by Gasteiger charge is -2.59. The molecule has 7 rings (SSSR count). The van der Waals surface area contributed by atoms with Crippen molar-refractivity contribution in [3.05, 3.63) is 114 Å². The van der Waals surface area contributed by atoms with E-state index >= 15 is 4.79 Å². The number of hydrogen-bond acceptors (Lipinski definition) is 12. The third kappa shape index (κ3) is 14.3. The van der Waals surface area contributed by atoms with Gasteiger partial charge in [-0.25, -0.2) is 9.59 Å². The van der Waals surface area contributed by atoms with Crippen LogP contribution in [-0.2, 0) is 20.9 Å². The van der Waals surface area contributed by atoms with E-state index in [0.29, 0.717) is 48.1 Å². The second-order valence-electron chi connectivity index (χ2n) is 20.3. The fourth-order valence-corrected chi connectivity index (χ4v) is 11.7. The van der Waals surface area contributed by atoms with Gasteiger partial charge < -0.3 is 43.5 Å². The van der Waals surface area contributed by atoms with Crippen molar-refractivity contribution in [3.63, 3.8) is 0 Å². The van der Waals surface area contributed by atoms with Crippen LogP contribution >= 0.6 is 0 Å². The number of fused-ring (bicyclic) bond motifs is 3. The maximum atomic E-state index is 15.3. The van der Waals surface area contributed by atoms with Crippen molar-refractivity contribution in [2.24, 2.45) is 22.9 Å². The Bertz CT molecular complexity index is 2560. The Hall–Kier alpha value is -6.09. The molecule has 0 radical (unpaired) electrons. The van der Waals surface area contributed by atoms with E-state index in [-0.39, 0.29) is 62.9 Å². The van der Waals surface area contributed by atoms with Crippen LogP contribution in [0.2, 0.25) is 0 Å². The molecule has 412 valence electrons. The van der Waals surface area contributed by atoms with Crippen LogP contribution in [0.1, 0.15) is 140 Å². The summed E-state index contributed by atoms with van der Waals surface area (Å²) in [5, 5.41) is 29.9. The molecular formula is C62H83N3O11. The number of allylic oxidation sites excluding steroid dienone is 1. The number of nitrogens with zero attached hydrogens (tertiary/aromatic N) is 2. The first kappa shape index (κ1) is 57.6. The van der Waals surface area contributed by atoms with Gasteiger partial charge in [-0.2, -0.15) is 0 Å². The predicted octanol–water partition coefficient (Wildman–Crippen LogP) is 13.7. The molecule has 0 aromatic heterocycles. The van der Waals surface area contributed by atoms with Gasteiger partial charge in [0.25, 0.3) is 0 Å². The maximum Gasteiger partial charge on any atom is 0.417 e. The first-order valence-electron chi connectivity index (χ1n) is 28.0. The van der Waals surface area contributed by atoms with Gasteiger partial charge in [0.15, 0.2) is 0 Å². The van der Waals surface area contributed by atoms with E-state index in [1.165, 1.54) is 52.1 Å². The molecule has 1 heterocycles. The minimum atomic E-state index is -1.53. The topological polar surface area (TPSA) is 167 Å². The van der Waals surface area contributed by atoms with Crippen LogP contribution in [0.3, 0.4) is 0 Å². The number of unbranched alkanes of at least 4 members (excludes halogenated alkanes) is 11. The quantitative estimate of drug-likeness (QED) is 0.0249. The molecule has 0 saturated heterocycles. The van der Waals surface area contributed by atoms with Gasteiger partial charge in [0.1, 0.15) is 35.6 Å². The van der Waals surface area contributed by atoms with Gasteiger partial charge >= 0.3 is 12.2 Å². The SMILES string of the molecule is C=CCOC12Oc3ccc(OC(=O)Nc4ccc(OC)cc4OC)cc3C3C(CCCCO)C(CCCCO)C=C(C(=NOCC)CC1N(Cc1cccc4ccccc14)C(=O)OCCCCCCCCCCCC)C32. The number of carbonyl (C=O) groups is 2. The van der Waals surface area contributed by atoms with Crippen LogP contribution in [-0.4, -0.2) is 92.1 Å². The average molecular weight is 1050 g/mol. The van der Waals surface area contributed by atoms with E-state index in [9.17, 15) is 15.0 Å². The minimum Gasteiger partial charge on any atom is -0.497 e. The Labute approximate surface area is 450 Å². The summed E-state index contributed by atoms with van der Waals surface area (Å²) in [4.78, 5) is 36.9. The first-order chi connectivity index (χ1) is 37.2. The highest BCUT2D eigenvalue weighted by molar-refractivity contribution is 6.03. The number of nitrogens with one attached hydrogen (secondary N) is 1. The second kappa shape index (κ2) is 29.4. The van der Waals surface area contributed by atoms with E-state index in [0.717, 1.165) is 72.4 Å². The van der Waals surface area contributed by atoms with E-state index in [1.54, 1.807) is 42.4 Å². The highest BCUT2D eigenvalue weighted by Crippen LogP contribution is 2.62. The molecule has 4 aromatic carbocycles. The molecule has 14 nitrogen and oxygen atoms in total. The number of aliphatic hydroxyl groups is 2. The van der Waals surface area contributed by atoms with E-state index in [2.05, 4.69) is 49.2 Å². The smallest absolute Gasteiger partial charge is 0.417 e. The largest absolute Gasteiger partial charge is 0.497 e. The van der Waals surface area contributed by atoms with Crippen LogP contribution in [0.25, 0.3) is 10.8 Å². The molecule has 6 unspecified atom stereocenters. The third-order valence-corrected chi connectivity index (χ3v) is 15.4. The number of amides is 2. The normalized spacial score (nSPS) is 20.9. The fourth-order valence-electron chi connectivity index (χ4n) is 11.7. The lowest BCUT2D eigenvalue weighted by Crippen LogP contribution is -2.70. The molecule has 1 aliphatic heterocycles. The standard InChI is InChI=1S/C62H83N3O11/c1-6-9-10-11-12-13-14-15-16-23-38-72-61(69)65(43-46-28-24-27-44-25-17-18-29-49(44)46)57-42-54(64-74-8-3)51-39-45(26-19-21-35-66)50(30-20-22-36-67)58-52-40-48(32-34-55(52)76-62(57,59(51)58)73-37-7-2)75-60(68)63-53-33-31-47(70-4)41-56(53)71-5/h7,17-18,24-25,27-29,31-34,39-41,45,50,57-59,66-67H,2,6,8-16,19-23,26,30,35-38,42-43H2,1,3-5H3,(H,63,68). The lowest BCUT2D eigenvalue weighted by molar-refractivity contribution is -0.256. The van der Waals surface area contributed by atoms with E-state index < -0.39 is 29.9 Å². The Balaban J connectivity index is 1.33. The Morgan fingerprint density at radius 1 is 0.829 bits per heavy atom. The summed E-state index contributed by atoms with van der Waals surface area (Å²) in [6.45, 7) is 9.23. The van der Waals surface area contributed by atoms with Crippen molar-refractivity contribution < 1.29 is 53.1 Å². The molecule has 3 aliphatic rings. The number of anilines is 1. The zero-order valence-electron chi connectivity index (χ0n) is 45.5. The monoisotopic (exact) mass is 1050 g/mol. The zero-order chi connectivity index (χ0) is 53.7. The van der Waals surface area contributed by atoms with Crippen molar-refractivity contribution in [2.45, 2.75) is 147 Å². The minimum absolute atomic E-state index is 0.00106. The number of oxime groups is 1. The zero-order valence-corrected chi connectivity index (χ0v) is 45.5. The summed E-state index contributed by atoms with van der Waals surface area (Å²) in [5.41, 5.74) is 3.73. The van der Waals surface area contributed by atoms with Crippen molar-refractivity contribution in [3.8, 4) is 23.0 Å². The first-order valence-corrected chi connectivity index (χ1v) is 28.0. The predicted molar refractivity (Wildman–Crippen MR) is 298 cm³/mol. The molecule has 14 heteroatoms. The van der Waals surface area contributed by atoms with Crippen LogP contribution in [0.5, 0.6) is 23.0 Å². The van der Waals surface area contributed by atoms with Crippen LogP contribution < -0.4 is 24.3 Å². The van der Waals surface area contributed by atoms with E-state index in [4.69, 9.17) is 38.4 Å². The molecule has 1 saturated carbocycles. The number of hydrogen-bond donors (Lipinski definition) is 3. The van der Waals surface area contributed by atoms with Crippen LogP contribution in [0, 0.1) is 17.8 Å². The maximum absolute atomic E-state index is 15.3. The Kier molecular flexibility index (Phi) is 22.3. The van der Waals surface area contributed by atoms with Gasteiger partial charge in [-0.15, -0.1) is 6.58 Å². The molecule has 0 bridgehead atoms. The molecule has 0 spiro atoms. The Morgan fingerprint density at radius 3 is 2.28 bits per heavy atom. The number of methoxy groups -OCH3 is 2. The molecule has 6 atom stereocenters. The van der Waals surface area contributed by atoms with Crippen molar-refractivity contribution in [1.29, 1.82) is 0 Å². The number of carbonyl (C=O) groups excluding carboxylic acids is 2. The molecule has 4 aromatic rings. The summed E-state index contributed by atoms with van der Waals surface area (Å²) in [6, 6.07) is 24.0. The molecule has 2 amide bonds. The van der Waals surface area contributed by atoms with Crippen LogP contribution in [0.4, 0.5) is 15.3 Å². The summed E-state index contributed by atoms with van der Waals surface area (Å²) in [5.74, 6) is -0.725. The highest BCUT2D eigenvalue weighted by atomic mass is 16.7. The number of rotatable bonds is 31. The molecule has 1 fully saturated rings. The number of aliphatic hydroxyl groups excluding tert-OH is 2. The van der Waals surface area contributed by atoms with Gasteiger partial charge in [0.05, 0.1) is 51.3 Å². The average Bonchev–Trinajstić information content (AvgIpc) is 3.48. The van der Waals surface area contributed by atoms with Gasteiger partial charge in [0, 0.05) is 37.2 Å². The van der Waals surface area contributed by atoms with Crippen molar-refractivity contribution >= 4 is 34.4 Å². The third-order valence-electron chi connectivity index (χ3n) is 15.4. The van der Waals surface area contributed by atoms with Gasteiger partial charge in [-0.05, 0) is 103 Å². The number of ether oxygens (including phenoxy) is 6. The summed E-state index contributed by atoms with van der Waals surface area (Å²) in [6.07, 6.45) is 18.9. The molecular weight excluding hydrogens is 963 g/mol. The van der Waals surface area contributed by atoms with Gasteiger partial charge in [-0.1, -0.05) is 137 Å². The summed E-state index contributed by atoms with van der Waals surface area (Å²) >= 11 is 0. The number of benzene rings is 4. The summed E-state index contributed by atoms with van der Waals surface area (Å²) < 4.78 is 38.1. The summed E-state index contributed by atoms with van der Waals surface area (Å²) in [7, 11) is 3.07. The van der Waals surface area contributed by atoms with Gasteiger partial charge in [-0.3, -0.25) is 10.2 Å². The van der Waals surface area contributed by atoms with Crippen LogP contribution in [0.15, 0.2) is 108 Å². The highest BCUT2D eigenvalue weighted by Gasteiger charge is 2.66. The molecule has 76 heavy (non-hydrogen) atoms. The Morgan fingerprint density at radius 2 is 1.55 bits per heavy atom. The fraction of sp³-hybridized carbons (Fsp3) is 0.532.